The van der Waals surface area contributed by atoms with Gasteiger partial charge in [-0.15, -0.1) is 0 Å². The van der Waals surface area contributed by atoms with Gasteiger partial charge in [0.05, 0.1) is 6.54 Å². The van der Waals surface area contributed by atoms with E-state index < -0.39 is 16.3 Å². The van der Waals surface area contributed by atoms with E-state index >= 15 is 0 Å². The number of para-hydroxylation sites is 1. The summed E-state index contributed by atoms with van der Waals surface area (Å²) in [6, 6.07) is 7.36. The van der Waals surface area contributed by atoms with Gasteiger partial charge in [-0.3, -0.25) is 0 Å². The molecule has 0 fully saturated rings. The normalized spacial score (nSPS) is 24.9. The molecule has 0 bridgehead atoms. The van der Waals surface area contributed by atoms with Crippen LogP contribution in [-0.4, -0.2) is 18.2 Å². The highest BCUT2D eigenvalue weighted by molar-refractivity contribution is 5.85. The van der Waals surface area contributed by atoms with Crippen LogP contribution in [0.1, 0.15) is 40.2 Å². The summed E-state index contributed by atoms with van der Waals surface area (Å²) in [5, 5.41) is 13.2. The zero-order valence-corrected chi connectivity index (χ0v) is 12.9. The third kappa shape index (κ3) is 2.86. The number of amides is 1. The Morgan fingerprint density at radius 2 is 1.90 bits per heavy atom. The Hall–Kier alpha value is -1.39. The van der Waals surface area contributed by atoms with E-state index in [9.17, 15) is 10.0 Å². The standard InChI is InChI=1S/C16H23NO3/c1-15(2,3)20-14(18)17(19)11-16(4,5)10-12-8-6-7-9-13(12)17/h6-9H,10-11H2,1-5H3. The van der Waals surface area contributed by atoms with Crippen LogP contribution in [0.25, 0.3) is 0 Å². The maximum absolute atomic E-state index is 13.2. The number of nitrogens with zero attached hydrogens (tertiary/aromatic N) is 1. The third-order valence-corrected chi connectivity index (χ3v) is 3.39. The van der Waals surface area contributed by atoms with Gasteiger partial charge in [0.15, 0.2) is 0 Å². The van der Waals surface area contributed by atoms with Crippen molar-refractivity contribution in [1.82, 2.24) is 4.65 Å². The molecule has 1 heterocycles. The van der Waals surface area contributed by atoms with Crippen LogP contribution in [0.5, 0.6) is 0 Å². The molecule has 1 amide bonds. The Kier molecular flexibility index (Phi) is 3.43. The summed E-state index contributed by atoms with van der Waals surface area (Å²) in [6.07, 6.45) is 0.0755. The molecule has 0 N–H and O–H groups in total. The Morgan fingerprint density at radius 1 is 1.30 bits per heavy atom. The van der Waals surface area contributed by atoms with Gasteiger partial charge >= 0.3 is 6.09 Å². The predicted molar refractivity (Wildman–Crippen MR) is 80.2 cm³/mol. The van der Waals surface area contributed by atoms with Crippen molar-refractivity contribution in [3.8, 4) is 0 Å². The lowest BCUT2D eigenvalue weighted by Gasteiger charge is -2.47. The van der Waals surface area contributed by atoms with Gasteiger partial charge in [0.25, 0.3) is 0 Å². The van der Waals surface area contributed by atoms with E-state index in [-0.39, 0.29) is 12.0 Å². The van der Waals surface area contributed by atoms with Crippen LogP contribution in [0.3, 0.4) is 0 Å². The van der Waals surface area contributed by atoms with Gasteiger partial charge in [0.2, 0.25) is 0 Å². The number of hydrogen-bond acceptors (Lipinski definition) is 3. The van der Waals surface area contributed by atoms with E-state index in [0.29, 0.717) is 5.69 Å². The summed E-state index contributed by atoms with van der Waals surface area (Å²) in [5.41, 5.74) is 0.557. The molecule has 0 aromatic heterocycles. The largest absolute Gasteiger partial charge is 0.617 e. The number of benzene rings is 1. The second-order valence-electron chi connectivity index (χ2n) is 7.35. The maximum Gasteiger partial charge on any atom is 0.521 e. The molecular formula is C16H23NO3. The maximum atomic E-state index is 13.2. The van der Waals surface area contributed by atoms with Crippen LogP contribution in [-0.2, 0) is 11.2 Å². The number of rotatable bonds is 0. The van der Waals surface area contributed by atoms with Crippen LogP contribution >= 0.6 is 0 Å². The lowest BCUT2D eigenvalue weighted by atomic mass is 9.81. The third-order valence-electron chi connectivity index (χ3n) is 3.39. The second-order valence-corrected chi connectivity index (χ2v) is 7.35. The van der Waals surface area contributed by atoms with E-state index in [0.717, 1.165) is 12.0 Å². The summed E-state index contributed by atoms with van der Waals surface area (Å²) in [5.74, 6) is 0. The average Bonchev–Trinajstić information content (AvgIpc) is 2.25. The van der Waals surface area contributed by atoms with Gasteiger partial charge in [0, 0.05) is 17.0 Å². The molecule has 2 rings (SSSR count). The monoisotopic (exact) mass is 277 g/mol. The number of hydrogen-bond donors (Lipinski definition) is 0. The van der Waals surface area contributed by atoms with Crippen molar-refractivity contribution in [3.63, 3.8) is 0 Å². The van der Waals surface area contributed by atoms with Gasteiger partial charge < -0.3 is 9.94 Å². The molecule has 1 aromatic carbocycles. The zero-order chi connectivity index (χ0) is 15.2. The average molecular weight is 277 g/mol. The number of fused-ring (bicyclic) bond motifs is 1. The molecule has 0 spiro atoms. The van der Waals surface area contributed by atoms with Crippen molar-refractivity contribution in [2.45, 2.75) is 46.6 Å². The van der Waals surface area contributed by atoms with E-state index in [1.54, 1.807) is 32.9 Å². The molecule has 4 nitrogen and oxygen atoms in total. The van der Waals surface area contributed by atoms with E-state index in [4.69, 9.17) is 4.74 Å². The minimum Gasteiger partial charge on any atom is -0.617 e. The molecule has 1 unspecified atom stereocenters. The molecule has 0 saturated carbocycles. The van der Waals surface area contributed by atoms with Crippen LogP contribution in [0.2, 0.25) is 0 Å². The Labute approximate surface area is 120 Å². The van der Waals surface area contributed by atoms with Crippen molar-refractivity contribution < 1.29 is 9.53 Å². The van der Waals surface area contributed by atoms with E-state index in [1.807, 2.05) is 26.0 Å². The summed E-state index contributed by atoms with van der Waals surface area (Å²) < 4.78 is 4.32. The van der Waals surface area contributed by atoms with E-state index in [2.05, 4.69) is 0 Å². The van der Waals surface area contributed by atoms with Crippen LogP contribution in [0, 0.1) is 10.6 Å². The van der Waals surface area contributed by atoms with Crippen molar-refractivity contribution in [2.24, 2.45) is 5.41 Å². The lowest BCUT2D eigenvalue weighted by Crippen LogP contribution is -2.58. The summed E-state index contributed by atoms with van der Waals surface area (Å²) >= 11 is 0. The molecule has 110 valence electrons. The first-order chi connectivity index (χ1) is 9.04. The molecule has 0 radical (unpaired) electrons. The Morgan fingerprint density at radius 3 is 2.50 bits per heavy atom. The Balaban J connectivity index is 2.46. The first-order valence-electron chi connectivity index (χ1n) is 6.95. The van der Waals surface area contributed by atoms with Gasteiger partial charge in [0.1, 0.15) is 11.3 Å². The van der Waals surface area contributed by atoms with Gasteiger partial charge in [-0.25, -0.2) is 4.65 Å². The summed E-state index contributed by atoms with van der Waals surface area (Å²) in [4.78, 5) is 12.4. The molecule has 0 saturated heterocycles. The number of hydroxylamine groups is 2. The summed E-state index contributed by atoms with van der Waals surface area (Å²) in [6.45, 7) is 9.56. The number of carbonyl (C=O) groups is 1. The fraction of sp³-hybridized carbons (Fsp3) is 0.562. The number of carbonyl (C=O) groups excluding carboxylic acids is 1. The fourth-order valence-electron chi connectivity index (χ4n) is 2.77. The highest BCUT2D eigenvalue weighted by atomic mass is 16.7. The molecular weight excluding hydrogens is 254 g/mol. The van der Waals surface area contributed by atoms with Crippen LogP contribution in [0.15, 0.2) is 24.3 Å². The van der Waals surface area contributed by atoms with Crippen molar-refractivity contribution >= 4 is 11.8 Å². The molecule has 4 heteroatoms. The van der Waals surface area contributed by atoms with Gasteiger partial charge in [-0.05, 0) is 27.2 Å². The van der Waals surface area contributed by atoms with Gasteiger partial charge in [-0.1, -0.05) is 32.0 Å². The van der Waals surface area contributed by atoms with E-state index in [1.165, 1.54) is 0 Å². The molecule has 20 heavy (non-hydrogen) atoms. The van der Waals surface area contributed by atoms with Crippen molar-refractivity contribution in [1.29, 1.82) is 0 Å². The molecule has 1 aliphatic heterocycles. The quantitative estimate of drug-likeness (QED) is 0.532. The van der Waals surface area contributed by atoms with Gasteiger partial charge in [-0.2, -0.15) is 4.79 Å². The highest BCUT2D eigenvalue weighted by Crippen LogP contribution is 2.41. The topological polar surface area (TPSA) is 49.4 Å². The predicted octanol–water partition coefficient (Wildman–Crippen LogP) is 4.01. The first kappa shape index (κ1) is 15.0. The first-order valence-corrected chi connectivity index (χ1v) is 6.95. The molecule has 1 atom stereocenters. The summed E-state index contributed by atoms with van der Waals surface area (Å²) in [7, 11) is 0. The number of ether oxygens (including phenoxy) is 1. The molecule has 1 aliphatic rings. The van der Waals surface area contributed by atoms with Crippen molar-refractivity contribution in [3.05, 3.63) is 35.0 Å². The second kappa shape index (κ2) is 4.57. The van der Waals surface area contributed by atoms with Crippen LogP contribution < -0.4 is 4.65 Å². The SMILES string of the molecule is CC1(C)Cc2ccccc2[N+]([O-])(C(=O)OC(C)(C)C)C1. The zero-order valence-electron chi connectivity index (χ0n) is 12.9. The lowest BCUT2D eigenvalue weighted by molar-refractivity contribution is 0.0270. The Bertz CT molecular complexity index is 531. The van der Waals surface area contributed by atoms with Crippen LogP contribution in [0.4, 0.5) is 10.5 Å². The number of quaternary nitrogens is 1. The fourth-order valence-corrected chi connectivity index (χ4v) is 2.77. The highest BCUT2D eigenvalue weighted by Gasteiger charge is 2.45. The molecule has 0 aliphatic carbocycles. The molecule has 1 aromatic rings. The van der Waals surface area contributed by atoms with Crippen molar-refractivity contribution in [2.75, 3.05) is 6.54 Å². The smallest absolute Gasteiger partial charge is 0.521 e. The minimum atomic E-state index is -1.03. The minimum absolute atomic E-state index is 0.207.